The Morgan fingerprint density at radius 3 is 2.65 bits per heavy atom. The van der Waals surface area contributed by atoms with Crippen molar-refractivity contribution in [1.29, 1.82) is 0 Å². The van der Waals surface area contributed by atoms with Gasteiger partial charge in [0.25, 0.3) is 0 Å². The summed E-state index contributed by atoms with van der Waals surface area (Å²) < 4.78 is 5.54. The second kappa shape index (κ2) is 9.51. The molecule has 0 spiro atoms. The third-order valence-corrected chi connectivity index (χ3v) is 6.74. The number of nitrogens with zero attached hydrogens (tertiary/aromatic N) is 4. The molecule has 1 saturated heterocycles. The minimum atomic E-state index is 0.453. The van der Waals surface area contributed by atoms with Crippen LogP contribution in [0.25, 0.3) is 10.2 Å². The van der Waals surface area contributed by atoms with E-state index < -0.39 is 0 Å². The van der Waals surface area contributed by atoms with Crippen LogP contribution in [0.5, 0.6) is 5.75 Å². The van der Waals surface area contributed by atoms with E-state index in [2.05, 4.69) is 65.4 Å². The maximum Gasteiger partial charge on any atom is 0.138 e. The molecule has 31 heavy (non-hydrogen) atoms. The Bertz CT molecular complexity index is 1040. The predicted molar refractivity (Wildman–Crippen MR) is 129 cm³/mol. The van der Waals surface area contributed by atoms with Gasteiger partial charge in [-0.3, -0.25) is 4.90 Å². The summed E-state index contributed by atoms with van der Waals surface area (Å²) in [7, 11) is 5.93. The van der Waals surface area contributed by atoms with Gasteiger partial charge in [0, 0.05) is 42.7 Å². The van der Waals surface area contributed by atoms with E-state index in [1.807, 2.05) is 6.92 Å². The molecule has 0 aliphatic carbocycles. The van der Waals surface area contributed by atoms with Crippen molar-refractivity contribution in [1.82, 2.24) is 19.8 Å². The van der Waals surface area contributed by atoms with Gasteiger partial charge in [0.2, 0.25) is 0 Å². The molecule has 3 heterocycles. The molecule has 7 heteroatoms. The van der Waals surface area contributed by atoms with Crippen molar-refractivity contribution < 1.29 is 4.74 Å². The van der Waals surface area contributed by atoms with Crippen LogP contribution in [-0.4, -0.2) is 60.1 Å². The highest BCUT2D eigenvalue weighted by Crippen LogP contribution is 2.30. The molecule has 1 aromatic carbocycles. The molecule has 0 unspecified atom stereocenters. The Morgan fingerprint density at radius 2 is 1.94 bits per heavy atom. The summed E-state index contributed by atoms with van der Waals surface area (Å²) in [6.07, 6.45) is 2.24. The van der Waals surface area contributed by atoms with Gasteiger partial charge in [-0.15, -0.1) is 11.3 Å². The molecule has 4 rings (SSSR count). The first kappa shape index (κ1) is 22.0. The molecule has 1 aliphatic heterocycles. The fraction of sp³-hybridized carbons (Fsp3) is 0.500. The van der Waals surface area contributed by atoms with Crippen LogP contribution in [0.1, 0.15) is 34.7 Å². The van der Waals surface area contributed by atoms with Crippen molar-refractivity contribution in [3.63, 3.8) is 0 Å². The molecule has 0 saturated carbocycles. The van der Waals surface area contributed by atoms with Gasteiger partial charge in [0.1, 0.15) is 22.2 Å². The number of hydrogen-bond acceptors (Lipinski definition) is 7. The zero-order valence-electron chi connectivity index (χ0n) is 19.2. The maximum atomic E-state index is 5.54. The van der Waals surface area contributed by atoms with Crippen molar-refractivity contribution in [2.75, 3.05) is 39.6 Å². The number of ether oxygens (including phenoxy) is 1. The Balaban J connectivity index is 1.37. The molecule has 0 amide bonds. The van der Waals surface area contributed by atoms with Gasteiger partial charge >= 0.3 is 0 Å². The van der Waals surface area contributed by atoms with Crippen LogP contribution in [0, 0.1) is 13.8 Å². The number of thiophene rings is 1. The van der Waals surface area contributed by atoms with Gasteiger partial charge in [-0.05, 0) is 64.5 Å². The second-order valence-corrected chi connectivity index (χ2v) is 10.0. The van der Waals surface area contributed by atoms with E-state index in [1.54, 1.807) is 18.4 Å². The first-order valence-electron chi connectivity index (χ1n) is 11.0. The van der Waals surface area contributed by atoms with E-state index in [1.165, 1.54) is 16.0 Å². The number of likely N-dealkylation sites (tertiary alicyclic amines) is 1. The van der Waals surface area contributed by atoms with E-state index in [9.17, 15) is 0 Å². The molecule has 1 fully saturated rings. The number of nitrogens with one attached hydrogen (secondary N) is 1. The van der Waals surface area contributed by atoms with Gasteiger partial charge < -0.3 is 15.0 Å². The average Bonchev–Trinajstić information content (AvgIpc) is 3.09. The lowest BCUT2D eigenvalue weighted by Crippen LogP contribution is -2.38. The van der Waals surface area contributed by atoms with Gasteiger partial charge in [0.05, 0.1) is 12.5 Å². The lowest BCUT2D eigenvalue weighted by atomic mass is 10.0. The molecule has 0 atom stereocenters. The molecule has 2 aromatic heterocycles. The third-order valence-electron chi connectivity index (χ3n) is 5.79. The summed E-state index contributed by atoms with van der Waals surface area (Å²) in [5.74, 6) is 2.80. The van der Waals surface area contributed by atoms with E-state index in [0.29, 0.717) is 6.04 Å². The summed E-state index contributed by atoms with van der Waals surface area (Å²) >= 11 is 1.74. The van der Waals surface area contributed by atoms with Crippen molar-refractivity contribution >= 4 is 27.4 Å². The Kier molecular flexibility index (Phi) is 6.74. The fourth-order valence-corrected chi connectivity index (χ4v) is 5.27. The molecule has 166 valence electrons. The van der Waals surface area contributed by atoms with Crippen molar-refractivity contribution in [3.8, 4) is 5.75 Å². The van der Waals surface area contributed by atoms with Crippen LogP contribution < -0.4 is 10.1 Å². The second-order valence-electron chi connectivity index (χ2n) is 8.77. The van der Waals surface area contributed by atoms with Crippen molar-refractivity contribution in [2.45, 2.75) is 45.8 Å². The van der Waals surface area contributed by atoms with Crippen LogP contribution in [0.2, 0.25) is 0 Å². The average molecular weight is 440 g/mol. The summed E-state index contributed by atoms with van der Waals surface area (Å²) in [4.78, 5) is 16.4. The van der Waals surface area contributed by atoms with Gasteiger partial charge in [-0.1, -0.05) is 6.07 Å². The quantitative estimate of drug-likeness (QED) is 0.587. The number of rotatable bonds is 7. The zero-order chi connectivity index (χ0) is 22.0. The van der Waals surface area contributed by atoms with E-state index in [-0.39, 0.29) is 0 Å². The minimum absolute atomic E-state index is 0.453. The van der Waals surface area contributed by atoms with Gasteiger partial charge in [0.15, 0.2) is 0 Å². The molecule has 3 aromatic rings. The normalized spacial score (nSPS) is 15.7. The number of benzene rings is 1. The van der Waals surface area contributed by atoms with E-state index in [0.717, 1.165) is 66.6 Å². The summed E-state index contributed by atoms with van der Waals surface area (Å²) in [5.41, 5.74) is 2.60. The number of fused-ring (bicyclic) bond motifs is 1. The van der Waals surface area contributed by atoms with Crippen molar-refractivity contribution in [2.24, 2.45) is 0 Å². The molecule has 1 aliphatic rings. The Morgan fingerprint density at radius 1 is 1.16 bits per heavy atom. The molecule has 0 bridgehead atoms. The number of hydrogen-bond donors (Lipinski definition) is 1. The van der Waals surface area contributed by atoms with Crippen LogP contribution in [0.4, 0.5) is 5.82 Å². The first-order valence-corrected chi connectivity index (χ1v) is 11.8. The number of methoxy groups -OCH3 is 1. The number of aromatic nitrogens is 2. The summed E-state index contributed by atoms with van der Waals surface area (Å²) in [5, 5.41) is 4.87. The number of aryl methyl sites for hydroxylation is 2. The van der Waals surface area contributed by atoms with E-state index in [4.69, 9.17) is 9.72 Å². The molecular formula is C24H33N5OS. The summed E-state index contributed by atoms with van der Waals surface area (Å²) in [6, 6.07) is 9.25. The third kappa shape index (κ3) is 5.34. The van der Waals surface area contributed by atoms with Crippen LogP contribution in [0.3, 0.4) is 0 Å². The molecule has 1 N–H and O–H groups in total. The fourth-order valence-electron chi connectivity index (χ4n) is 4.34. The topological polar surface area (TPSA) is 53.5 Å². The highest BCUT2D eigenvalue weighted by atomic mass is 32.1. The Hall–Kier alpha value is -2.22. The van der Waals surface area contributed by atoms with Crippen LogP contribution >= 0.6 is 11.3 Å². The standard InChI is InChI=1S/C24H33N5OS/c1-16-12-21-23(25-17(2)26-24(21)31-16)27-20-8-10-29(11-9-20)14-18-6-7-22(30-5)19(13-18)15-28(3)4/h6-7,12-13,20H,8-11,14-15H2,1-5H3,(H,25,26,27). The predicted octanol–water partition coefficient (Wildman–Crippen LogP) is 4.45. The van der Waals surface area contributed by atoms with Crippen LogP contribution in [-0.2, 0) is 13.1 Å². The van der Waals surface area contributed by atoms with Gasteiger partial charge in [-0.25, -0.2) is 9.97 Å². The van der Waals surface area contributed by atoms with Crippen molar-refractivity contribution in [3.05, 3.63) is 46.1 Å². The maximum absolute atomic E-state index is 5.54. The largest absolute Gasteiger partial charge is 0.496 e. The monoisotopic (exact) mass is 439 g/mol. The molecule has 0 radical (unpaired) electrons. The summed E-state index contributed by atoms with van der Waals surface area (Å²) in [6.45, 7) is 8.15. The SMILES string of the molecule is COc1ccc(CN2CCC(Nc3nc(C)nc4sc(C)cc34)CC2)cc1CN(C)C. The first-order chi connectivity index (χ1) is 14.9. The minimum Gasteiger partial charge on any atom is -0.496 e. The van der Waals surface area contributed by atoms with E-state index >= 15 is 0 Å². The zero-order valence-corrected chi connectivity index (χ0v) is 20.1. The highest BCUT2D eigenvalue weighted by Gasteiger charge is 2.21. The lowest BCUT2D eigenvalue weighted by molar-refractivity contribution is 0.211. The number of piperidine rings is 1. The van der Waals surface area contributed by atoms with Crippen LogP contribution in [0.15, 0.2) is 24.3 Å². The van der Waals surface area contributed by atoms with Gasteiger partial charge in [-0.2, -0.15) is 0 Å². The smallest absolute Gasteiger partial charge is 0.138 e. The molecule has 6 nitrogen and oxygen atoms in total. The highest BCUT2D eigenvalue weighted by molar-refractivity contribution is 7.18. The Labute approximate surface area is 189 Å². The lowest BCUT2D eigenvalue weighted by Gasteiger charge is -2.33. The number of anilines is 1. The molecular weight excluding hydrogens is 406 g/mol.